The Morgan fingerprint density at radius 1 is 1.22 bits per heavy atom. The topological polar surface area (TPSA) is 78.8 Å². The fourth-order valence-electron chi connectivity index (χ4n) is 4.12. The number of aromatic hydroxyl groups is 1. The molecule has 142 valence electrons. The molecule has 7 nitrogen and oxygen atoms in total. The van der Waals surface area contributed by atoms with Crippen molar-refractivity contribution in [3.8, 4) is 17.0 Å². The molecule has 2 aliphatic heterocycles. The SMILES string of the molecule is CC(=O)N1C[C@@H]2OCCN(c3ccc(-c4c(C)cc(C)cc4O)nn3)[C@H]2C1. The number of nitrogens with zero attached hydrogens (tertiary/aromatic N) is 4. The van der Waals surface area contributed by atoms with Crippen LogP contribution in [0.25, 0.3) is 11.3 Å². The van der Waals surface area contributed by atoms with E-state index in [2.05, 4.69) is 15.1 Å². The van der Waals surface area contributed by atoms with E-state index in [1.807, 2.05) is 36.9 Å². The van der Waals surface area contributed by atoms with Crippen LogP contribution in [-0.4, -0.2) is 64.5 Å². The van der Waals surface area contributed by atoms with Crippen LogP contribution in [0.2, 0.25) is 0 Å². The van der Waals surface area contributed by atoms with Gasteiger partial charge in [0.25, 0.3) is 0 Å². The molecule has 1 amide bonds. The van der Waals surface area contributed by atoms with E-state index in [0.717, 1.165) is 23.5 Å². The van der Waals surface area contributed by atoms with Crippen LogP contribution in [-0.2, 0) is 9.53 Å². The summed E-state index contributed by atoms with van der Waals surface area (Å²) in [6.45, 7) is 8.08. The van der Waals surface area contributed by atoms with Gasteiger partial charge in [0.1, 0.15) is 5.75 Å². The second-order valence-corrected chi connectivity index (χ2v) is 7.35. The molecule has 2 aliphatic rings. The van der Waals surface area contributed by atoms with Crippen LogP contribution in [0.1, 0.15) is 18.1 Å². The molecule has 0 aliphatic carbocycles. The number of carbonyl (C=O) groups excluding carboxylic acids is 1. The average molecular weight is 368 g/mol. The second kappa shape index (κ2) is 6.81. The molecule has 2 saturated heterocycles. The van der Waals surface area contributed by atoms with E-state index in [0.29, 0.717) is 31.0 Å². The summed E-state index contributed by atoms with van der Waals surface area (Å²) in [5.74, 6) is 1.06. The fourth-order valence-corrected chi connectivity index (χ4v) is 4.12. The monoisotopic (exact) mass is 368 g/mol. The normalized spacial score (nSPS) is 22.0. The lowest BCUT2D eigenvalue weighted by molar-refractivity contribution is -0.128. The van der Waals surface area contributed by atoms with Gasteiger partial charge in [-0.3, -0.25) is 4.79 Å². The van der Waals surface area contributed by atoms with Gasteiger partial charge < -0.3 is 19.6 Å². The van der Waals surface area contributed by atoms with Crippen LogP contribution < -0.4 is 4.90 Å². The maximum atomic E-state index is 11.7. The largest absolute Gasteiger partial charge is 0.507 e. The van der Waals surface area contributed by atoms with Crippen LogP contribution in [0.5, 0.6) is 5.75 Å². The van der Waals surface area contributed by atoms with Crippen molar-refractivity contribution in [2.45, 2.75) is 32.9 Å². The number of aryl methyl sites for hydroxylation is 2. The molecule has 27 heavy (non-hydrogen) atoms. The quantitative estimate of drug-likeness (QED) is 0.872. The molecule has 1 aromatic carbocycles. The van der Waals surface area contributed by atoms with Gasteiger partial charge in [0.2, 0.25) is 5.91 Å². The van der Waals surface area contributed by atoms with Gasteiger partial charge in [-0.2, -0.15) is 0 Å². The summed E-state index contributed by atoms with van der Waals surface area (Å²) in [6, 6.07) is 7.67. The van der Waals surface area contributed by atoms with E-state index < -0.39 is 0 Å². The third-order valence-electron chi connectivity index (χ3n) is 5.41. The highest BCUT2D eigenvalue weighted by molar-refractivity contribution is 5.74. The number of hydrogen-bond acceptors (Lipinski definition) is 6. The molecule has 0 spiro atoms. The Morgan fingerprint density at radius 2 is 2.04 bits per heavy atom. The van der Waals surface area contributed by atoms with Crippen molar-refractivity contribution in [3.05, 3.63) is 35.4 Å². The molecule has 1 aromatic heterocycles. The Bertz CT molecular complexity index is 845. The Morgan fingerprint density at radius 3 is 2.70 bits per heavy atom. The lowest BCUT2D eigenvalue weighted by Gasteiger charge is -2.37. The van der Waals surface area contributed by atoms with Gasteiger partial charge in [-0.05, 0) is 43.2 Å². The number of rotatable bonds is 2. The van der Waals surface area contributed by atoms with Gasteiger partial charge in [0.05, 0.1) is 24.4 Å². The number of phenolic OH excluding ortho intramolecular Hbond substituents is 1. The lowest BCUT2D eigenvalue weighted by Crippen LogP contribution is -2.51. The number of carbonyl (C=O) groups is 1. The Hall–Kier alpha value is -2.67. The van der Waals surface area contributed by atoms with Gasteiger partial charge in [0, 0.05) is 32.1 Å². The molecule has 0 unspecified atom stereocenters. The second-order valence-electron chi connectivity index (χ2n) is 7.35. The highest BCUT2D eigenvalue weighted by atomic mass is 16.5. The maximum absolute atomic E-state index is 11.7. The van der Waals surface area contributed by atoms with Gasteiger partial charge in [-0.1, -0.05) is 6.07 Å². The molecule has 0 saturated carbocycles. The number of hydrogen-bond donors (Lipinski definition) is 1. The van der Waals surface area contributed by atoms with Gasteiger partial charge >= 0.3 is 0 Å². The number of aromatic nitrogens is 2. The van der Waals surface area contributed by atoms with E-state index >= 15 is 0 Å². The first-order valence-electron chi connectivity index (χ1n) is 9.22. The third-order valence-corrected chi connectivity index (χ3v) is 5.41. The number of fused-ring (bicyclic) bond motifs is 1. The number of anilines is 1. The predicted octanol–water partition coefficient (Wildman–Crippen LogP) is 1.90. The first-order chi connectivity index (χ1) is 12.9. The summed E-state index contributed by atoms with van der Waals surface area (Å²) < 4.78 is 5.85. The van der Waals surface area contributed by atoms with Crippen molar-refractivity contribution in [2.75, 3.05) is 31.1 Å². The highest BCUT2D eigenvalue weighted by Crippen LogP contribution is 2.33. The molecule has 3 heterocycles. The van der Waals surface area contributed by atoms with Crippen molar-refractivity contribution in [3.63, 3.8) is 0 Å². The molecule has 1 N–H and O–H groups in total. The minimum absolute atomic E-state index is 0.00696. The zero-order valence-electron chi connectivity index (χ0n) is 15.8. The van der Waals surface area contributed by atoms with Gasteiger partial charge in [-0.25, -0.2) is 0 Å². The van der Waals surface area contributed by atoms with Gasteiger partial charge in [-0.15, -0.1) is 10.2 Å². The fraction of sp³-hybridized carbons (Fsp3) is 0.450. The van der Waals surface area contributed by atoms with Crippen molar-refractivity contribution < 1.29 is 14.6 Å². The summed E-state index contributed by atoms with van der Waals surface area (Å²) in [5, 5.41) is 19.1. The first kappa shape index (κ1) is 17.7. The zero-order chi connectivity index (χ0) is 19.1. The van der Waals surface area contributed by atoms with Crippen LogP contribution in [0.3, 0.4) is 0 Å². The zero-order valence-corrected chi connectivity index (χ0v) is 15.8. The highest BCUT2D eigenvalue weighted by Gasteiger charge is 2.41. The van der Waals surface area contributed by atoms with E-state index in [-0.39, 0.29) is 23.8 Å². The number of morpholine rings is 1. The van der Waals surface area contributed by atoms with Crippen molar-refractivity contribution in [2.24, 2.45) is 0 Å². The van der Waals surface area contributed by atoms with E-state index in [1.54, 1.807) is 13.0 Å². The molecule has 2 aromatic rings. The minimum atomic E-state index is 0.00696. The molecule has 2 fully saturated rings. The standard InChI is InChI=1S/C20H24N4O3/c1-12-8-13(2)20(17(26)9-12)15-4-5-19(22-21-15)24-6-7-27-18-11-23(14(3)25)10-16(18)24/h4-5,8-9,16,18,26H,6-7,10-11H2,1-3H3/t16-,18-/m0/s1. The molecule has 0 bridgehead atoms. The number of benzene rings is 1. The summed E-state index contributed by atoms with van der Waals surface area (Å²) in [4.78, 5) is 15.7. The summed E-state index contributed by atoms with van der Waals surface area (Å²) in [7, 11) is 0. The minimum Gasteiger partial charge on any atom is -0.507 e. The van der Waals surface area contributed by atoms with Crippen molar-refractivity contribution in [1.29, 1.82) is 0 Å². The molecule has 4 rings (SSSR count). The van der Waals surface area contributed by atoms with Crippen LogP contribution in [0, 0.1) is 13.8 Å². The molecular formula is C20H24N4O3. The van der Waals surface area contributed by atoms with E-state index in [9.17, 15) is 9.90 Å². The Kier molecular flexibility index (Phi) is 4.47. The predicted molar refractivity (Wildman–Crippen MR) is 102 cm³/mol. The maximum Gasteiger partial charge on any atom is 0.219 e. The number of phenols is 1. The number of likely N-dealkylation sites (tertiary alicyclic amines) is 1. The molecular weight excluding hydrogens is 344 g/mol. The summed E-state index contributed by atoms with van der Waals surface area (Å²) >= 11 is 0. The van der Waals surface area contributed by atoms with Crippen LogP contribution in [0.15, 0.2) is 24.3 Å². The van der Waals surface area contributed by atoms with Crippen molar-refractivity contribution in [1.82, 2.24) is 15.1 Å². The number of amides is 1. The smallest absolute Gasteiger partial charge is 0.219 e. The third kappa shape index (κ3) is 3.23. The summed E-state index contributed by atoms with van der Waals surface area (Å²) in [5.41, 5.74) is 3.33. The first-order valence-corrected chi connectivity index (χ1v) is 9.22. The van der Waals surface area contributed by atoms with Crippen LogP contribution in [0.4, 0.5) is 5.82 Å². The Balaban J connectivity index is 1.60. The van der Waals surface area contributed by atoms with Gasteiger partial charge in [0.15, 0.2) is 5.82 Å². The van der Waals surface area contributed by atoms with Crippen LogP contribution >= 0.6 is 0 Å². The van der Waals surface area contributed by atoms with E-state index in [4.69, 9.17) is 4.74 Å². The van der Waals surface area contributed by atoms with Crippen molar-refractivity contribution >= 4 is 11.7 Å². The molecule has 2 atom stereocenters. The number of ether oxygens (including phenoxy) is 1. The average Bonchev–Trinajstić information content (AvgIpc) is 3.06. The Labute approximate surface area is 158 Å². The lowest BCUT2D eigenvalue weighted by atomic mass is 10.0. The molecule has 0 radical (unpaired) electrons. The molecule has 7 heteroatoms. The van der Waals surface area contributed by atoms with E-state index in [1.165, 1.54) is 0 Å². The summed E-state index contributed by atoms with van der Waals surface area (Å²) in [6.07, 6.45) is 0.00696.